The van der Waals surface area contributed by atoms with E-state index in [9.17, 15) is 30.4 Å². The number of nitrogens with zero attached hydrogens (tertiary/aromatic N) is 3. The summed E-state index contributed by atoms with van der Waals surface area (Å²) in [6.45, 7) is 0.725. The van der Waals surface area contributed by atoms with Crippen molar-refractivity contribution < 1.29 is 39.7 Å². The summed E-state index contributed by atoms with van der Waals surface area (Å²) in [7, 11) is -5.67. The van der Waals surface area contributed by atoms with Gasteiger partial charge in [0.05, 0.1) is 25.2 Å². The van der Waals surface area contributed by atoms with Crippen molar-refractivity contribution in [2.24, 2.45) is 0 Å². The zero-order valence-electron chi connectivity index (χ0n) is 19.0. The molecule has 0 aliphatic carbocycles. The highest BCUT2D eigenvalue weighted by Crippen LogP contribution is 2.28. The van der Waals surface area contributed by atoms with Crippen molar-refractivity contribution >= 4 is 37.7 Å². The first-order valence-electron chi connectivity index (χ1n) is 9.95. The summed E-state index contributed by atoms with van der Waals surface area (Å²) in [5.74, 6) is -3.66. The van der Waals surface area contributed by atoms with Gasteiger partial charge >= 0.3 is 0 Å². The van der Waals surface area contributed by atoms with Gasteiger partial charge in [0.2, 0.25) is 21.8 Å². The molecule has 1 aliphatic rings. The minimum Gasteiger partial charge on any atom is -0.496 e. The molecular formula is C19H25F2N5O7S2. The lowest BCUT2D eigenvalue weighted by Crippen LogP contribution is -2.42. The normalized spacial score (nSPS) is 15.1. The lowest BCUT2D eigenvalue weighted by Gasteiger charge is -2.30. The first-order chi connectivity index (χ1) is 16.1. The maximum Gasteiger partial charge on any atom is 0.261 e. The van der Waals surface area contributed by atoms with Gasteiger partial charge in [0, 0.05) is 25.3 Å². The summed E-state index contributed by atoms with van der Waals surface area (Å²) in [4.78, 5) is 20.8. The van der Waals surface area contributed by atoms with Crippen molar-refractivity contribution in [3.63, 3.8) is 0 Å². The fraction of sp³-hybridized carbons (Fsp3) is 0.421. The Morgan fingerprint density at radius 1 is 1.20 bits per heavy atom. The number of piperidine rings is 1. The second kappa shape index (κ2) is 11.2. The number of hydrogen-bond donors (Lipinski definition) is 3. The number of aromatic nitrogens is 2. The number of ketones is 1. The third kappa shape index (κ3) is 8.05. The molecule has 16 heteroatoms. The van der Waals surface area contributed by atoms with Crippen molar-refractivity contribution in [1.82, 2.24) is 14.3 Å². The van der Waals surface area contributed by atoms with Crippen LogP contribution >= 0.6 is 0 Å². The van der Waals surface area contributed by atoms with E-state index in [0.717, 1.165) is 24.6 Å². The van der Waals surface area contributed by atoms with E-state index >= 15 is 0 Å². The summed E-state index contributed by atoms with van der Waals surface area (Å²) < 4.78 is 83.2. The number of nitrogens with two attached hydrogens (primary N) is 1. The summed E-state index contributed by atoms with van der Waals surface area (Å²) in [6.07, 6.45) is 4.09. The van der Waals surface area contributed by atoms with Crippen LogP contribution in [0.25, 0.3) is 0 Å². The SMILES string of the molecule is COc1ccc(F)c(F)c1C(=O)c1cnc(NC2CCN(S(C)(=O)=O)CC2)nc1N.CS(=O)(=O)O. The summed E-state index contributed by atoms with van der Waals surface area (Å²) in [6, 6.07) is 1.92. The average molecular weight is 538 g/mol. The average Bonchev–Trinajstić information content (AvgIpc) is 2.74. The Hall–Kier alpha value is -2.95. The largest absolute Gasteiger partial charge is 0.496 e. The molecule has 35 heavy (non-hydrogen) atoms. The topological polar surface area (TPSA) is 182 Å². The number of methoxy groups -OCH3 is 1. The molecule has 1 aromatic carbocycles. The van der Waals surface area contributed by atoms with Gasteiger partial charge in [0.25, 0.3) is 10.1 Å². The molecule has 0 bridgehead atoms. The third-order valence-corrected chi connectivity index (χ3v) is 6.13. The van der Waals surface area contributed by atoms with Crippen LogP contribution in [0.3, 0.4) is 0 Å². The third-order valence-electron chi connectivity index (χ3n) is 4.82. The van der Waals surface area contributed by atoms with Gasteiger partial charge in [0.15, 0.2) is 11.6 Å². The predicted molar refractivity (Wildman–Crippen MR) is 123 cm³/mol. The number of anilines is 2. The van der Waals surface area contributed by atoms with E-state index in [1.165, 1.54) is 11.4 Å². The summed E-state index contributed by atoms with van der Waals surface area (Å²) in [5, 5.41) is 3.05. The van der Waals surface area contributed by atoms with E-state index in [-0.39, 0.29) is 29.1 Å². The van der Waals surface area contributed by atoms with E-state index in [2.05, 4.69) is 15.3 Å². The Morgan fingerprint density at radius 3 is 2.26 bits per heavy atom. The smallest absolute Gasteiger partial charge is 0.261 e. The Bertz CT molecular complexity index is 1290. The molecule has 12 nitrogen and oxygen atoms in total. The first kappa shape index (κ1) is 28.3. The minimum atomic E-state index is -3.67. The van der Waals surface area contributed by atoms with Crippen LogP contribution in [0.15, 0.2) is 18.3 Å². The maximum atomic E-state index is 14.2. The predicted octanol–water partition coefficient (Wildman–Crippen LogP) is 0.917. The van der Waals surface area contributed by atoms with Gasteiger partial charge in [-0.2, -0.15) is 13.4 Å². The molecule has 1 aromatic heterocycles. The molecular weight excluding hydrogens is 512 g/mol. The highest BCUT2D eigenvalue weighted by Gasteiger charge is 2.27. The van der Waals surface area contributed by atoms with Crippen molar-refractivity contribution in [2.45, 2.75) is 18.9 Å². The molecule has 0 unspecified atom stereocenters. The van der Waals surface area contributed by atoms with E-state index in [1.807, 2.05) is 0 Å². The maximum absolute atomic E-state index is 14.2. The number of carbonyl (C=O) groups is 1. The zero-order chi connectivity index (χ0) is 26.6. The number of halogens is 2. The van der Waals surface area contributed by atoms with E-state index in [4.69, 9.17) is 15.0 Å². The Morgan fingerprint density at radius 2 is 1.77 bits per heavy atom. The fourth-order valence-corrected chi connectivity index (χ4v) is 4.08. The molecule has 0 saturated carbocycles. The number of sulfonamides is 1. The standard InChI is InChI=1S/C18H21F2N5O4S.CH4O3S/c1-29-13-4-3-12(19)15(20)14(13)16(26)11-9-22-18(24-17(11)21)23-10-5-7-25(8-6-10)30(2,27)28;1-5(2,3)4/h3-4,9-10H,5-8H2,1-2H3,(H3,21,22,23,24);1H3,(H,2,3,4). The Kier molecular flexibility index (Phi) is 9.05. The molecule has 1 aliphatic heterocycles. The van der Waals surface area contributed by atoms with E-state index in [0.29, 0.717) is 32.2 Å². The van der Waals surface area contributed by atoms with Crippen LogP contribution in [0.5, 0.6) is 5.75 Å². The molecule has 0 atom stereocenters. The van der Waals surface area contributed by atoms with E-state index in [1.54, 1.807) is 0 Å². The van der Waals surface area contributed by atoms with Crippen molar-refractivity contribution in [2.75, 3.05) is 43.8 Å². The molecule has 2 aromatic rings. The molecule has 1 saturated heterocycles. The number of hydrogen-bond acceptors (Lipinski definition) is 10. The van der Waals surface area contributed by atoms with Gasteiger partial charge < -0.3 is 15.8 Å². The molecule has 194 valence electrons. The van der Waals surface area contributed by atoms with Crippen molar-refractivity contribution in [1.29, 1.82) is 0 Å². The first-order valence-corrected chi connectivity index (χ1v) is 13.6. The lowest BCUT2D eigenvalue weighted by atomic mass is 10.0. The number of benzene rings is 1. The quantitative estimate of drug-likeness (QED) is 0.352. The van der Waals surface area contributed by atoms with Crippen LogP contribution in [0.1, 0.15) is 28.8 Å². The van der Waals surface area contributed by atoms with E-state index < -0.39 is 43.1 Å². The summed E-state index contributed by atoms with van der Waals surface area (Å²) in [5.41, 5.74) is 5.07. The second-order valence-electron chi connectivity index (χ2n) is 7.57. The van der Waals surface area contributed by atoms with Gasteiger partial charge in [-0.05, 0) is 25.0 Å². The second-order valence-corrected chi connectivity index (χ2v) is 11.0. The zero-order valence-corrected chi connectivity index (χ0v) is 20.7. The number of nitrogen functional groups attached to an aromatic ring is 1. The highest BCUT2D eigenvalue weighted by atomic mass is 32.2. The van der Waals surface area contributed by atoms with Crippen LogP contribution in [-0.4, -0.2) is 80.2 Å². The van der Waals surface area contributed by atoms with Crippen LogP contribution in [0, 0.1) is 11.6 Å². The number of nitrogens with one attached hydrogen (secondary N) is 1. The molecule has 0 amide bonds. The number of carbonyl (C=O) groups excluding carboxylic acids is 1. The van der Waals surface area contributed by atoms with Crippen LogP contribution in [0.2, 0.25) is 0 Å². The van der Waals surface area contributed by atoms with Crippen LogP contribution in [0.4, 0.5) is 20.5 Å². The van der Waals surface area contributed by atoms with Gasteiger partial charge in [0.1, 0.15) is 17.1 Å². The van der Waals surface area contributed by atoms with Gasteiger partial charge in [-0.1, -0.05) is 0 Å². The molecule has 0 radical (unpaired) electrons. The minimum absolute atomic E-state index is 0.0790. The van der Waals surface area contributed by atoms with Crippen LogP contribution < -0.4 is 15.8 Å². The number of ether oxygens (including phenoxy) is 1. The van der Waals surface area contributed by atoms with Gasteiger partial charge in [-0.15, -0.1) is 0 Å². The van der Waals surface area contributed by atoms with Gasteiger partial charge in [-0.3, -0.25) is 9.35 Å². The monoisotopic (exact) mass is 537 g/mol. The van der Waals surface area contributed by atoms with Crippen molar-refractivity contribution in [3.05, 3.63) is 41.1 Å². The molecule has 0 spiro atoms. The summed E-state index contributed by atoms with van der Waals surface area (Å²) >= 11 is 0. The lowest BCUT2D eigenvalue weighted by molar-refractivity contribution is 0.103. The molecule has 3 rings (SSSR count). The Balaban J connectivity index is 0.000000784. The molecule has 4 N–H and O–H groups in total. The van der Waals surface area contributed by atoms with Crippen LogP contribution in [-0.2, 0) is 20.1 Å². The molecule has 1 fully saturated rings. The van der Waals surface area contributed by atoms with Crippen molar-refractivity contribution in [3.8, 4) is 5.75 Å². The molecule has 2 heterocycles. The Labute approximate surface area is 201 Å². The fourth-order valence-electron chi connectivity index (χ4n) is 3.20. The highest BCUT2D eigenvalue weighted by molar-refractivity contribution is 7.88. The number of rotatable bonds is 6. The van der Waals surface area contributed by atoms with Gasteiger partial charge in [-0.25, -0.2) is 26.5 Å².